The predicted octanol–water partition coefficient (Wildman–Crippen LogP) is 7.38. The summed E-state index contributed by atoms with van der Waals surface area (Å²) in [5.41, 5.74) is 3.85. The first-order valence-corrected chi connectivity index (χ1v) is 12.8. The third kappa shape index (κ3) is 8.77. The van der Waals surface area contributed by atoms with E-state index >= 15 is 0 Å². The van der Waals surface area contributed by atoms with Crippen LogP contribution in [0.2, 0.25) is 0 Å². The average Bonchev–Trinajstić information content (AvgIpc) is 2.89. The number of hydrogen-bond donors (Lipinski definition) is 1. The number of benzene rings is 2. The lowest BCUT2D eigenvalue weighted by atomic mass is 9.76. The zero-order valence-electron chi connectivity index (χ0n) is 21.8. The van der Waals surface area contributed by atoms with Crippen molar-refractivity contribution < 1.29 is 42.6 Å². The second kappa shape index (κ2) is 13.7. The van der Waals surface area contributed by atoms with Crippen molar-refractivity contribution in [1.82, 2.24) is 0 Å². The summed E-state index contributed by atoms with van der Waals surface area (Å²) < 4.78 is 37.1. The number of rotatable bonds is 12. The maximum Gasteiger partial charge on any atom is 0.389 e. The Kier molecular flexibility index (Phi) is 10.6. The highest BCUT2D eigenvalue weighted by Crippen LogP contribution is 2.40. The second-order valence-electron chi connectivity index (χ2n) is 9.81. The van der Waals surface area contributed by atoms with Crippen molar-refractivity contribution in [2.24, 2.45) is 5.92 Å². The van der Waals surface area contributed by atoms with Crippen LogP contribution < -0.4 is 9.78 Å². The van der Waals surface area contributed by atoms with E-state index in [0.717, 1.165) is 48.8 Å². The highest BCUT2D eigenvalue weighted by atomic mass is 19.4. The minimum atomic E-state index is -4.06. The highest BCUT2D eigenvalue weighted by molar-refractivity contribution is 5.87. The van der Waals surface area contributed by atoms with E-state index in [1.54, 1.807) is 12.1 Å². The van der Waals surface area contributed by atoms with Crippen molar-refractivity contribution in [3.63, 3.8) is 0 Å². The number of carbonyl (C=O) groups is 1. The van der Waals surface area contributed by atoms with Gasteiger partial charge in [-0.2, -0.15) is 18.1 Å². The number of aliphatic hydroxyl groups is 1. The van der Waals surface area contributed by atoms with Gasteiger partial charge in [0.2, 0.25) is 0 Å². The van der Waals surface area contributed by atoms with Crippen LogP contribution in [0.3, 0.4) is 0 Å². The van der Waals surface area contributed by atoms with Crippen LogP contribution in [0.25, 0.3) is 11.1 Å². The summed E-state index contributed by atoms with van der Waals surface area (Å²) in [6, 6.07) is 11.3. The van der Waals surface area contributed by atoms with Crippen LogP contribution >= 0.6 is 0 Å². The van der Waals surface area contributed by atoms with Crippen molar-refractivity contribution in [2.75, 3.05) is 13.7 Å². The Balaban J connectivity index is 1.65. The molecule has 0 saturated heterocycles. The molecule has 0 radical (unpaired) electrons. The molecule has 38 heavy (non-hydrogen) atoms. The van der Waals surface area contributed by atoms with Crippen molar-refractivity contribution in [1.29, 1.82) is 0 Å². The molecule has 208 valence electrons. The number of aryl methyl sites for hydroxylation is 1. The maximum atomic E-state index is 12.4. The molecule has 0 unspecified atom stereocenters. The van der Waals surface area contributed by atoms with Crippen LogP contribution in [0.4, 0.5) is 13.2 Å². The molecule has 2 aromatic carbocycles. The van der Waals surface area contributed by atoms with Crippen LogP contribution in [0.15, 0.2) is 48.6 Å². The lowest BCUT2D eigenvalue weighted by Crippen LogP contribution is -2.14. The molecule has 1 fully saturated rings. The van der Waals surface area contributed by atoms with E-state index in [9.17, 15) is 18.0 Å². The number of hydrogen-bond acceptors (Lipinski definition) is 6. The summed E-state index contributed by atoms with van der Waals surface area (Å²) in [6.45, 7) is 4.87. The van der Waals surface area contributed by atoms with Crippen LogP contribution in [0, 0.1) is 12.8 Å². The van der Waals surface area contributed by atoms with Crippen LogP contribution in [-0.4, -0.2) is 31.0 Å². The van der Waals surface area contributed by atoms with Gasteiger partial charge in [-0.25, -0.2) is 9.68 Å². The van der Waals surface area contributed by atoms with E-state index < -0.39 is 25.2 Å². The lowest BCUT2D eigenvalue weighted by Gasteiger charge is -2.29. The molecule has 0 aromatic heterocycles. The fourth-order valence-corrected chi connectivity index (χ4v) is 4.94. The fraction of sp³-hybridized carbons (Fsp3) is 0.483. The molecule has 1 saturated carbocycles. The maximum absolute atomic E-state index is 12.4. The summed E-state index contributed by atoms with van der Waals surface area (Å²) in [5.74, 6) is 0.587. The third-order valence-electron chi connectivity index (χ3n) is 6.95. The van der Waals surface area contributed by atoms with Gasteiger partial charge in [0, 0.05) is 12.5 Å². The molecule has 1 N–H and O–H groups in total. The largest absolute Gasteiger partial charge is 0.391 e. The molecule has 1 aliphatic carbocycles. The quantitative estimate of drug-likeness (QED) is 0.132. The molecule has 0 heterocycles. The van der Waals surface area contributed by atoms with Crippen LogP contribution in [-0.2, 0) is 14.6 Å². The van der Waals surface area contributed by atoms with E-state index in [2.05, 4.69) is 18.7 Å². The summed E-state index contributed by atoms with van der Waals surface area (Å²) in [4.78, 5) is 31.6. The Morgan fingerprint density at radius 2 is 1.71 bits per heavy atom. The predicted molar refractivity (Wildman–Crippen MR) is 136 cm³/mol. The summed E-state index contributed by atoms with van der Waals surface area (Å²) in [7, 11) is 1.37. The number of aliphatic hydroxyl groups excluding tert-OH is 1. The average molecular weight is 537 g/mol. The summed E-state index contributed by atoms with van der Waals surface area (Å²) >= 11 is 0. The smallest absolute Gasteiger partial charge is 0.389 e. The molecule has 3 rings (SSSR count). The van der Waals surface area contributed by atoms with Gasteiger partial charge in [-0.1, -0.05) is 37.6 Å². The molecule has 2 aromatic rings. The van der Waals surface area contributed by atoms with Gasteiger partial charge in [0.05, 0.1) is 19.3 Å². The monoisotopic (exact) mass is 536 g/mol. The minimum Gasteiger partial charge on any atom is -0.391 e. The van der Waals surface area contributed by atoms with E-state index in [1.165, 1.54) is 18.7 Å². The Morgan fingerprint density at radius 3 is 2.32 bits per heavy atom. The number of unbranched alkanes of at least 4 members (excludes halogenated alkanes) is 1. The van der Waals surface area contributed by atoms with Crippen LogP contribution in [0.1, 0.15) is 68.4 Å². The van der Waals surface area contributed by atoms with E-state index in [4.69, 9.17) is 24.7 Å². The van der Waals surface area contributed by atoms with Crippen molar-refractivity contribution in [3.8, 4) is 22.6 Å². The van der Waals surface area contributed by atoms with E-state index in [0.29, 0.717) is 24.0 Å². The number of alkyl halides is 3. The minimum absolute atomic E-state index is 0.142. The molecule has 0 spiro atoms. The molecule has 0 bridgehead atoms. The van der Waals surface area contributed by atoms with Crippen molar-refractivity contribution >= 4 is 5.97 Å². The molecule has 0 atom stereocenters. The van der Waals surface area contributed by atoms with Gasteiger partial charge in [0.25, 0.3) is 0 Å². The van der Waals surface area contributed by atoms with E-state index in [1.807, 2.05) is 13.0 Å². The zero-order valence-corrected chi connectivity index (χ0v) is 21.8. The van der Waals surface area contributed by atoms with Gasteiger partial charge in [-0.15, -0.1) is 0 Å². The Hall–Kier alpha value is -3.04. The molecule has 0 aliphatic heterocycles. The standard InChI is InChI=1S/C29H35F3O6/c1-19-14-23(22-9-7-21(8-10-22)6-4-5-13-29(30,31)32)11-12-27(19)24-15-25(36-35-3)17-26(16-24)37-38-28(34)20(2)18-33/h11-12,14-17,21-22,33H,2,4-10,13,18H2,1,3H3. The molecule has 0 amide bonds. The fourth-order valence-electron chi connectivity index (χ4n) is 4.94. The first kappa shape index (κ1) is 29.5. The Labute approximate surface area is 221 Å². The first-order valence-electron chi connectivity index (χ1n) is 12.8. The van der Waals surface area contributed by atoms with Crippen molar-refractivity contribution in [3.05, 3.63) is 59.7 Å². The van der Waals surface area contributed by atoms with Crippen LogP contribution in [0.5, 0.6) is 11.5 Å². The SMILES string of the molecule is C=C(CO)C(=O)OOc1cc(OOC)cc(-c2ccc(C3CCC(CCCCC(F)(F)F)CC3)cc2C)c1. The highest BCUT2D eigenvalue weighted by Gasteiger charge is 2.27. The van der Waals surface area contributed by atoms with Gasteiger partial charge in [-0.3, -0.25) is 4.89 Å². The van der Waals surface area contributed by atoms with E-state index in [-0.39, 0.29) is 17.7 Å². The third-order valence-corrected chi connectivity index (χ3v) is 6.95. The summed E-state index contributed by atoms with van der Waals surface area (Å²) in [5, 5.41) is 9.01. The number of halogens is 3. The topological polar surface area (TPSA) is 74.2 Å². The lowest BCUT2D eigenvalue weighted by molar-refractivity contribution is -0.209. The molecule has 6 nitrogen and oxygen atoms in total. The normalized spacial score (nSPS) is 17.6. The van der Waals surface area contributed by atoms with Gasteiger partial charge >= 0.3 is 12.1 Å². The first-order chi connectivity index (χ1) is 18.1. The van der Waals surface area contributed by atoms with Gasteiger partial charge in [-0.05, 0) is 85.3 Å². The molecule has 9 heteroatoms. The van der Waals surface area contributed by atoms with Gasteiger partial charge < -0.3 is 9.99 Å². The molecule has 1 aliphatic rings. The molecular weight excluding hydrogens is 501 g/mol. The Morgan fingerprint density at radius 1 is 1.03 bits per heavy atom. The Bertz CT molecular complexity index is 1090. The van der Waals surface area contributed by atoms with Gasteiger partial charge in [0.15, 0.2) is 11.5 Å². The summed E-state index contributed by atoms with van der Waals surface area (Å²) in [6.07, 6.45) is 1.11. The number of carbonyl (C=O) groups excluding carboxylic acids is 1. The van der Waals surface area contributed by atoms with Gasteiger partial charge in [0.1, 0.15) is 0 Å². The van der Waals surface area contributed by atoms with Crippen molar-refractivity contribution in [2.45, 2.75) is 70.4 Å². The second-order valence-corrected chi connectivity index (χ2v) is 9.81. The molecular formula is C29H35F3O6. The zero-order chi connectivity index (χ0) is 27.7.